The van der Waals surface area contributed by atoms with Crippen LogP contribution in [0.25, 0.3) is 0 Å². The molecular weight excluding hydrogens is 328 g/mol. The first-order valence-electron chi connectivity index (χ1n) is 9.48. The van der Waals surface area contributed by atoms with Crippen LogP contribution in [-0.4, -0.2) is 48.9 Å². The Morgan fingerprint density at radius 1 is 1.19 bits per heavy atom. The Bertz CT molecular complexity index is 786. The van der Waals surface area contributed by atoms with Crippen molar-refractivity contribution in [3.63, 3.8) is 0 Å². The molecule has 2 aliphatic rings. The Labute approximate surface area is 153 Å². The first kappa shape index (κ1) is 17.1. The van der Waals surface area contributed by atoms with Crippen molar-refractivity contribution < 1.29 is 4.74 Å². The van der Waals surface area contributed by atoms with Gasteiger partial charge >= 0.3 is 0 Å². The van der Waals surface area contributed by atoms with Crippen molar-refractivity contribution in [2.24, 2.45) is 0 Å². The molecule has 1 unspecified atom stereocenters. The van der Waals surface area contributed by atoms with Crippen molar-refractivity contribution in [3.8, 4) is 0 Å². The molecule has 2 atom stereocenters. The smallest absolute Gasteiger partial charge is 0.254 e. The fourth-order valence-corrected chi connectivity index (χ4v) is 4.08. The van der Waals surface area contributed by atoms with E-state index in [0.717, 1.165) is 38.3 Å². The molecule has 3 heterocycles. The van der Waals surface area contributed by atoms with Gasteiger partial charge in [-0.3, -0.25) is 9.78 Å². The molecule has 2 saturated heterocycles. The number of hydrogen-bond donors (Lipinski definition) is 1. The fraction of sp³-hybridized carbons (Fsp3) is 0.500. The summed E-state index contributed by atoms with van der Waals surface area (Å²) in [5, 5.41) is 0. The van der Waals surface area contributed by atoms with Crippen molar-refractivity contribution in [2.75, 3.05) is 42.6 Å². The van der Waals surface area contributed by atoms with Gasteiger partial charge in [0.05, 0.1) is 13.2 Å². The van der Waals surface area contributed by atoms with Gasteiger partial charge in [0.1, 0.15) is 5.82 Å². The highest BCUT2D eigenvalue weighted by Gasteiger charge is 2.32. The molecule has 6 nitrogen and oxygen atoms in total. The molecule has 1 aromatic heterocycles. The maximum Gasteiger partial charge on any atom is 0.254 e. The second-order valence-corrected chi connectivity index (χ2v) is 7.13. The Kier molecular flexibility index (Phi) is 4.93. The summed E-state index contributed by atoms with van der Waals surface area (Å²) in [6.07, 6.45) is 2.23. The zero-order valence-corrected chi connectivity index (χ0v) is 15.2. The highest BCUT2D eigenvalue weighted by atomic mass is 16.5. The van der Waals surface area contributed by atoms with E-state index in [1.54, 1.807) is 6.07 Å². The van der Waals surface area contributed by atoms with Crippen LogP contribution in [0.15, 0.2) is 41.2 Å². The lowest BCUT2D eigenvalue weighted by molar-refractivity contribution is 0.122. The third-order valence-electron chi connectivity index (χ3n) is 5.52. The van der Waals surface area contributed by atoms with Gasteiger partial charge in [0.15, 0.2) is 0 Å². The number of benzene rings is 1. The van der Waals surface area contributed by atoms with Crippen LogP contribution >= 0.6 is 0 Å². The van der Waals surface area contributed by atoms with E-state index >= 15 is 0 Å². The lowest BCUT2D eigenvalue weighted by atomic mass is 9.92. The van der Waals surface area contributed by atoms with E-state index in [0.29, 0.717) is 31.1 Å². The number of H-pyrrole nitrogens is 1. The van der Waals surface area contributed by atoms with Crippen LogP contribution in [0.2, 0.25) is 0 Å². The Morgan fingerprint density at radius 2 is 1.96 bits per heavy atom. The SMILES string of the molecule is C[C@@H](c1ccccc1)C1CCCN1c1nc(N2CCOCC2)cc(=O)[nH]1. The molecular formula is C20H26N4O2. The molecule has 0 saturated carbocycles. The summed E-state index contributed by atoms with van der Waals surface area (Å²) >= 11 is 0. The molecule has 0 radical (unpaired) electrons. The highest BCUT2D eigenvalue weighted by molar-refractivity contribution is 5.46. The van der Waals surface area contributed by atoms with E-state index in [4.69, 9.17) is 9.72 Å². The van der Waals surface area contributed by atoms with Gasteiger partial charge in [-0.2, -0.15) is 4.98 Å². The van der Waals surface area contributed by atoms with Crippen LogP contribution < -0.4 is 15.4 Å². The summed E-state index contributed by atoms with van der Waals surface area (Å²) in [7, 11) is 0. The lowest BCUT2D eigenvalue weighted by Crippen LogP contribution is -2.39. The lowest BCUT2D eigenvalue weighted by Gasteiger charge is -2.32. The normalized spacial score (nSPS) is 21.8. The maximum atomic E-state index is 12.3. The Morgan fingerprint density at radius 3 is 2.73 bits per heavy atom. The van der Waals surface area contributed by atoms with Crippen LogP contribution in [0.5, 0.6) is 0 Å². The number of anilines is 2. The molecule has 26 heavy (non-hydrogen) atoms. The van der Waals surface area contributed by atoms with Gasteiger partial charge in [0.2, 0.25) is 5.95 Å². The minimum Gasteiger partial charge on any atom is -0.378 e. The Balaban J connectivity index is 1.61. The molecule has 1 aromatic carbocycles. The van der Waals surface area contributed by atoms with Crippen molar-refractivity contribution in [1.29, 1.82) is 0 Å². The number of hydrogen-bond acceptors (Lipinski definition) is 5. The molecule has 0 aliphatic carbocycles. The molecule has 138 valence electrons. The number of nitrogens with one attached hydrogen (secondary N) is 1. The second kappa shape index (κ2) is 7.50. The third-order valence-corrected chi connectivity index (χ3v) is 5.52. The topological polar surface area (TPSA) is 61.5 Å². The summed E-state index contributed by atoms with van der Waals surface area (Å²) < 4.78 is 5.41. The quantitative estimate of drug-likeness (QED) is 0.913. The summed E-state index contributed by atoms with van der Waals surface area (Å²) in [5.41, 5.74) is 1.24. The number of aromatic amines is 1. The first-order valence-corrected chi connectivity index (χ1v) is 9.48. The van der Waals surface area contributed by atoms with Crippen LogP contribution in [0.1, 0.15) is 31.2 Å². The summed E-state index contributed by atoms with van der Waals surface area (Å²) in [6.45, 7) is 6.11. The van der Waals surface area contributed by atoms with Gasteiger partial charge in [-0.05, 0) is 18.4 Å². The molecule has 0 bridgehead atoms. The summed E-state index contributed by atoms with van der Waals surface area (Å²) in [6, 6.07) is 12.5. The molecule has 0 spiro atoms. The summed E-state index contributed by atoms with van der Waals surface area (Å²) in [5.74, 6) is 1.84. The van der Waals surface area contributed by atoms with Gasteiger partial charge in [-0.25, -0.2) is 0 Å². The average Bonchev–Trinajstić information content (AvgIpc) is 3.18. The minimum absolute atomic E-state index is 0.0884. The summed E-state index contributed by atoms with van der Waals surface area (Å²) in [4.78, 5) is 24.5. The van der Waals surface area contributed by atoms with Gasteiger partial charge in [-0.15, -0.1) is 0 Å². The molecule has 0 amide bonds. The van der Waals surface area contributed by atoms with E-state index in [1.807, 2.05) is 6.07 Å². The van der Waals surface area contributed by atoms with Crippen LogP contribution in [0.3, 0.4) is 0 Å². The van der Waals surface area contributed by atoms with E-state index in [-0.39, 0.29) is 5.56 Å². The van der Waals surface area contributed by atoms with E-state index in [9.17, 15) is 4.79 Å². The average molecular weight is 354 g/mol. The van der Waals surface area contributed by atoms with Gasteiger partial charge in [-0.1, -0.05) is 37.3 Å². The fourth-order valence-electron chi connectivity index (χ4n) is 4.08. The van der Waals surface area contributed by atoms with Crippen molar-refractivity contribution in [2.45, 2.75) is 31.7 Å². The van der Waals surface area contributed by atoms with Crippen molar-refractivity contribution >= 4 is 11.8 Å². The largest absolute Gasteiger partial charge is 0.378 e. The first-order chi connectivity index (χ1) is 12.7. The molecule has 2 fully saturated rings. The molecule has 2 aromatic rings. The van der Waals surface area contributed by atoms with Crippen molar-refractivity contribution in [3.05, 3.63) is 52.3 Å². The monoisotopic (exact) mass is 354 g/mol. The third kappa shape index (κ3) is 3.46. The predicted octanol–water partition coefficient (Wildman–Crippen LogP) is 2.38. The number of nitrogens with zero attached hydrogens (tertiary/aromatic N) is 3. The highest BCUT2D eigenvalue weighted by Crippen LogP contribution is 2.33. The number of aromatic nitrogens is 2. The van der Waals surface area contributed by atoms with E-state index < -0.39 is 0 Å². The van der Waals surface area contributed by atoms with E-state index in [2.05, 4.69) is 46.0 Å². The van der Waals surface area contributed by atoms with Crippen LogP contribution in [0.4, 0.5) is 11.8 Å². The minimum atomic E-state index is -0.0884. The molecule has 1 N–H and O–H groups in total. The molecule has 6 heteroatoms. The number of rotatable bonds is 4. The second-order valence-electron chi connectivity index (χ2n) is 7.13. The number of ether oxygens (including phenoxy) is 1. The zero-order valence-electron chi connectivity index (χ0n) is 15.2. The predicted molar refractivity (Wildman–Crippen MR) is 103 cm³/mol. The number of morpholine rings is 1. The standard InChI is InChI=1S/C20H26N4O2/c1-15(16-6-3-2-4-7-16)17-8-5-9-24(17)20-21-18(14-19(25)22-20)23-10-12-26-13-11-23/h2-4,6-7,14-15,17H,5,8-13H2,1H3,(H,21,22,25)/t15-,17?/m0/s1. The zero-order chi connectivity index (χ0) is 17.9. The van der Waals surface area contributed by atoms with Crippen LogP contribution in [0, 0.1) is 0 Å². The van der Waals surface area contributed by atoms with Gasteiger partial charge < -0.3 is 14.5 Å². The Hall–Kier alpha value is -2.34. The molecule has 4 rings (SSSR count). The molecule has 2 aliphatic heterocycles. The van der Waals surface area contributed by atoms with Gasteiger partial charge in [0, 0.05) is 37.7 Å². The van der Waals surface area contributed by atoms with Crippen LogP contribution in [-0.2, 0) is 4.74 Å². The van der Waals surface area contributed by atoms with E-state index in [1.165, 1.54) is 5.56 Å². The van der Waals surface area contributed by atoms with Gasteiger partial charge in [0.25, 0.3) is 5.56 Å². The van der Waals surface area contributed by atoms with Crippen molar-refractivity contribution in [1.82, 2.24) is 9.97 Å². The maximum absolute atomic E-state index is 12.3.